The fraction of sp³-hybridized carbons (Fsp3) is 0. The zero-order chi connectivity index (χ0) is 19.7. The SMILES string of the molecule is O=c1c2cccc3cc([N+](=O)[O-])cc(c32)c2nc3cc(Cl)cc([N+](=O)[O-])c3n12. The van der Waals surface area contributed by atoms with Crippen LogP contribution in [0.2, 0.25) is 5.02 Å². The van der Waals surface area contributed by atoms with E-state index in [2.05, 4.69) is 4.98 Å². The molecule has 0 unspecified atom stereocenters. The van der Waals surface area contributed by atoms with Crippen LogP contribution in [-0.4, -0.2) is 19.2 Å². The molecular formula is C18H7ClN4O5. The van der Waals surface area contributed by atoms with E-state index in [1.54, 1.807) is 18.2 Å². The van der Waals surface area contributed by atoms with Crippen LogP contribution in [0.1, 0.15) is 0 Å². The maximum Gasteiger partial charge on any atom is 0.297 e. The maximum absolute atomic E-state index is 13.2. The van der Waals surface area contributed by atoms with Gasteiger partial charge >= 0.3 is 0 Å². The van der Waals surface area contributed by atoms with Crippen LogP contribution in [0.3, 0.4) is 0 Å². The topological polar surface area (TPSA) is 121 Å². The number of benzene rings is 3. The number of nitrogens with zero attached hydrogens (tertiary/aromatic N) is 4. The quantitative estimate of drug-likeness (QED) is 0.329. The Balaban J connectivity index is 2.16. The van der Waals surface area contributed by atoms with E-state index in [0.29, 0.717) is 21.5 Å². The van der Waals surface area contributed by atoms with Crippen molar-refractivity contribution in [3.05, 3.63) is 78.1 Å². The van der Waals surface area contributed by atoms with Crippen LogP contribution >= 0.6 is 11.6 Å². The molecule has 3 aromatic carbocycles. The highest BCUT2D eigenvalue weighted by Crippen LogP contribution is 2.36. The number of imidazole rings is 1. The van der Waals surface area contributed by atoms with Crippen LogP contribution in [0.4, 0.5) is 11.4 Å². The predicted molar refractivity (Wildman–Crippen MR) is 103 cm³/mol. The summed E-state index contributed by atoms with van der Waals surface area (Å²) in [4.78, 5) is 39.3. The first-order chi connectivity index (χ1) is 13.4. The molecule has 0 aliphatic heterocycles. The first-order valence-electron chi connectivity index (χ1n) is 7.99. The van der Waals surface area contributed by atoms with Gasteiger partial charge in [0.1, 0.15) is 5.65 Å². The molecule has 0 atom stereocenters. The summed E-state index contributed by atoms with van der Waals surface area (Å²) < 4.78 is 1.13. The monoisotopic (exact) mass is 394 g/mol. The standard InChI is InChI=1S/C18H7ClN4O5/c19-9-5-13-16(14(6-9)23(27)28)21-17(20-13)12-7-10(22(25)26)4-8-2-1-3-11(15(8)12)18(21)24/h1-7H. The number of hydrogen-bond donors (Lipinski definition) is 0. The molecule has 5 aromatic rings. The molecule has 28 heavy (non-hydrogen) atoms. The van der Waals surface area contributed by atoms with Crippen LogP contribution in [-0.2, 0) is 0 Å². The van der Waals surface area contributed by atoms with E-state index in [1.807, 2.05) is 0 Å². The van der Waals surface area contributed by atoms with E-state index >= 15 is 0 Å². The fourth-order valence-electron chi connectivity index (χ4n) is 3.67. The van der Waals surface area contributed by atoms with Gasteiger partial charge in [0.25, 0.3) is 16.9 Å². The molecule has 0 aliphatic carbocycles. The van der Waals surface area contributed by atoms with Crippen molar-refractivity contribution >= 4 is 61.2 Å². The Bertz CT molecular complexity index is 1560. The number of nitro groups is 2. The summed E-state index contributed by atoms with van der Waals surface area (Å²) in [7, 11) is 0. The zero-order valence-corrected chi connectivity index (χ0v) is 14.5. The van der Waals surface area contributed by atoms with E-state index in [0.717, 1.165) is 10.5 Å². The third kappa shape index (κ3) is 2.01. The van der Waals surface area contributed by atoms with Gasteiger partial charge < -0.3 is 0 Å². The van der Waals surface area contributed by atoms with Crippen molar-refractivity contribution in [1.29, 1.82) is 0 Å². The van der Waals surface area contributed by atoms with Gasteiger partial charge in [0, 0.05) is 39.4 Å². The van der Waals surface area contributed by atoms with Crippen LogP contribution in [0.15, 0.2) is 47.3 Å². The third-order valence-electron chi connectivity index (χ3n) is 4.74. The molecule has 136 valence electrons. The Hall–Kier alpha value is -3.85. The first kappa shape index (κ1) is 16.3. The summed E-state index contributed by atoms with van der Waals surface area (Å²) in [6, 6.07) is 10.1. The lowest BCUT2D eigenvalue weighted by molar-refractivity contribution is -0.384. The second kappa shape index (κ2) is 5.33. The number of hydrogen-bond acceptors (Lipinski definition) is 6. The predicted octanol–water partition coefficient (Wildman–Crippen LogP) is 4.06. The first-order valence-corrected chi connectivity index (χ1v) is 8.37. The Morgan fingerprint density at radius 1 is 1.00 bits per heavy atom. The Morgan fingerprint density at radius 3 is 2.50 bits per heavy atom. The van der Waals surface area contributed by atoms with E-state index in [-0.39, 0.29) is 33.1 Å². The molecule has 9 nitrogen and oxygen atoms in total. The number of pyridine rings is 1. The van der Waals surface area contributed by atoms with Gasteiger partial charge in [-0.1, -0.05) is 23.7 Å². The third-order valence-corrected chi connectivity index (χ3v) is 4.96. The highest BCUT2D eigenvalue weighted by Gasteiger charge is 2.24. The fourth-order valence-corrected chi connectivity index (χ4v) is 3.87. The van der Waals surface area contributed by atoms with Gasteiger partial charge in [0.2, 0.25) is 0 Å². The van der Waals surface area contributed by atoms with Crippen molar-refractivity contribution in [3.8, 4) is 0 Å². The Kier molecular flexibility index (Phi) is 3.11. The van der Waals surface area contributed by atoms with Crippen molar-refractivity contribution in [2.24, 2.45) is 0 Å². The molecule has 0 radical (unpaired) electrons. The molecule has 0 saturated heterocycles. The second-order valence-corrected chi connectivity index (χ2v) is 6.72. The highest BCUT2D eigenvalue weighted by atomic mass is 35.5. The lowest BCUT2D eigenvalue weighted by Crippen LogP contribution is -2.14. The number of nitro benzene ring substituents is 2. The second-order valence-electron chi connectivity index (χ2n) is 6.28. The van der Waals surface area contributed by atoms with Crippen molar-refractivity contribution < 1.29 is 9.85 Å². The average Bonchev–Trinajstić information content (AvgIpc) is 3.04. The number of fused-ring (bicyclic) bond motifs is 4. The molecular weight excluding hydrogens is 388 g/mol. The van der Waals surface area contributed by atoms with Gasteiger partial charge in [-0.2, -0.15) is 0 Å². The smallest absolute Gasteiger partial charge is 0.268 e. The number of aromatic nitrogens is 2. The van der Waals surface area contributed by atoms with E-state index in [9.17, 15) is 25.0 Å². The van der Waals surface area contributed by atoms with Crippen molar-refractivity contribution in [2.45, 2.75) is 0 Å². The summed E-state index contributed by atoms with van der Waals surface area (Å²) >= 11 is 5.98. The Labute approximate surface area is 159 Å². The van der Waals surface area contributed by atoms with Crippen molar-refractivity contribution in [2.75, 3.05) is 0 Å². The molecule has 0 N–H and O–H groups in total. The van der Waals surface area contributed by atoms with E-state index in [4.69, 9.17) is 11.6 Å². The number of halogens is 1. The molecule has 0 bridgehead atoms. The molecule has 0 amide bonds. The minimum absolute atomic E-state index is 0.00330. The highest BCUT2D eigenvalue weighted by molar-refractivity contribution is 6.31. The average molecular weight is 395 g/mol. The van der Waals surface area contributed by atoms with E-state index < -0.39 is 15.4 Å². The largest absolute Gasteiger partial charge is 0.297 e. The van der Waals surface area contributed by atoms with Crippen LogP contribution in [0, 0.1) is 20.2 Å². The summed E-state index contributed by atoms with van der Waals surface area (Å²) in [5.41, 5.74) is -0.748. The van der Waals surface area contributed by atoms with Gasteiger partial charge in [-0.15, -0.1) is 0 Å². The van der Waals surface area contributed by atoms with Gasteiger partial charge in [-0.25, -0.2) is 4.98 Å². The van der Waals surface area contributed by atoms with Gasteiger partial charge in [0.15, 0.2) is 5.52 Å². The Morgan fingerprint density at radius 2 is 1.79 bits per heavy atom. The van der Waals surface area contributed by atoms with Crippen LogP contribution < -0.4 is 5.56 Å². The molecule has 0 aliphatic rings. The van der Waals surface area contributed by atoms with Gasteiger partial charge in [-0.3, -0.25) is 29.4 Å². The molecule has 0 saturated carbocycles. The normalized spacial score (nSPS) is 11.8. The molecule has 2 aromatic heterocycles. The molecule has 2 heterocycles. The number of non-ortho nitro benzene ring substituents is 2. The molecule has 0 fully saturated rings. The lowest BCUT2D eigenvalue weighted by Gasteiger charge is -2.07. The van der Waals surface area contributed by atoms with Crippen LogP contribution in [0.5, 0.6) is 0 Å². The summed E-state index contributed by atoms with van der Waals surface area (Å²) in [5, 5.41) is 24.7. The number of rotatable bonds is 2. The summed E-state index contributed by atoms with van der Waals surface area (Å²) in [6.45, 7) is 0. The van der Waals surface area contributed by atoms with Gasteiger partial charge in [-0.05, 0) is 17.5 Å². The molecule has 10 heteroatoms. The van der Waals surface area contributed by atoms with Gasteiger partial charge in [0.05, 0.1) is 15.4 Å². The summed E-state index contributed by atoms with van der Waals surface area (Å²) in [6.07, 6.45) is 0. The minimum Gasteiger partial charge on any atom is -0.268 e. The van der Waals surface area contributed by atoms with E-state index in [1.165, 1.54) is 18.2 Å². The molecule has 5 rings (SSSR count). The lowest BCUT2D eigenvalue weighted by atomic mass is 10.0. The summed E-state index contributed by atoms with van der Waals surface area (Å²) in [5.74, 6) is 0. The van der Waals surface area contributed by atoms with Crippen molar-refractivity contribution in [3.63, 3.8) is 0 Å². The zero-order valence-electron chi connectivity index (χ0n) is 13.7. The molecule has 0 spiro atoms. The maximum atomic E-state index is 13.2. The van der Waals surface area contributed by atoms with Crippen molar-refractivity contribution in [1.82, 2.24) is 9.38 Å². The van der Waals surface area contributed by atoms with Crippen LogP contribution in [0.25, 0.3) is 38.2 Å². The minimum atomic E-state index is -0.639.